The van der Waals surface area contributed by atoms with Gasteiger partial charge in [-0.3, -0.25) is 0 Å². The largest absolute Gasteiger partial charge is 0.496 e. The molecule has 20 heavy (non-hydrogen) atoms. The number of nitrogens with two attached hydrogens (primary N) is 1. The van der Waals surface area contributed by atoms with Crippen molar-refractivity contribution < 1.29 is 13.2 Å². The van der Waals surface area contributed by atoms with Crippen molar-refractivity contribution in [1.82, 2.24) is 0 Å². The molecule has 0 spiro atoms. The van der Waals surface area contributed by atoms with Crippen LogP contribution in [0.1, 0.15) is 36.8 Å². The van der Waals surface area contributed by atoms with Gasteiger partial charge in [-0.25, -0.2) is 8.42 Å². The van der Waals surface area contributed by atoms with Crippen LogP contribution in [0.25, 0.3) is 0 Å². The van der Waals surface area contributed by atoms with Crippen LogP contribution in [-0.4, -0.2) is 28.3 Å². The zero-order chi connectivity index (χ0) is 15.0. The first-order valence-electron chi connectivity index (χ1n) is 6.93. The molecule has 2 rings (SSSR count). The van der Waals surface area contributed by atoms with E-state index >= 15 is 0 Å². The van der Waals surface area contributed by atoms with Gasteiger partial charge in [0.25, 0.3) is 0 Å². The molecule has 1 aliphatic rings. The summed E-state index contributed by atoms with van der Waals surface area (Å²) in [5, 5.41) is 0. The van der Waals surface area contributed by atoms with E-state index < -0.39 is 9.84 Å². The van der Waals surface area contributed by atoms with Gasteiger partial charge in [0.05, 0.1) is 12.0 Å². The second-order valence-corrected chi connectivity index (χ2v) is 7.77. The van der Waals surface area contributed by atoms with Crippen LogP contribution in [0.3, 0.4) is 0 Å². The normalized spacial score (nSPS) is 18.2. The second kappa shape index (κ2) is 5.37. The summed E-state index contributed by atoms with van der Waals surface area (Å²) < 4.78 is 29.6. The maximum Gasteiger partial charge on any atom is 0.175 e. The van der Waals surface area contributed by atoms with E-state index in [1.54, 1.807) is 13.2 Å². The highest BCUT2D eigenvalue weighted by Crippen LogP contribution is 2.44. The fourth-order valence-corrected chi connectivity index (χ4v) is 4.30. The van der Waals surface area contributed by atoms with Crippen LogP contribution in [-0.2, 0) is 15.3 Å². The number of rotatable bonds is 4. The monoisotopic (exact) mass is 297 g/mol. The van der Waals surface area contributed by atoms with Gasteiger partial charge in [0.2, 0.25) is 0 Å². The van der Waals surface area contributed by atoms with Crippen LogP contribution in [0.15, 0.2) is 17.0 Å². The van der Waals surface area contributed by atoms with E-state index in [9.17, 15) is 8.42 Å². The molecule has 0 atom stereocenters. The lowest BCUT2D eigenvalue weighted by molar-refractivity contribution is 0.402. The minimum absolute atomic E-state index is 0.223. The topological polar surface area (TPSA) is 69.4 Å². The molecule has 0 bridgehead atoms. The minimum Gasteiger partial charge on any atom is -0.496 e. The zero-order valence-electron chi connectivity index (χ0n) is 12.4. The Morgan fingerprint density at radius 1 is 1.30 bits per heavy atom. The molecule has 4 nitrogen and oxygen atoms in total. The molecule has 1 aromatic rings. The third kappa shape index (κ3) is 2.56. The van der Waals surface area contributed by atoms with Crippen molar-refractivity contribution in [3.63, 3.8) is 0 Å². The molecule has 1 aromatic carbocycles. The molecule has 0 amide bonds. The Bertz CT molecular complexity index is 602. The first kappa shape index (κ1) is 15.3. The Balaban J connectivity index is 2.72. The summed E-state index contributed by atoms with van der Waals surface area (Å²) in [6.45, 7) is 2.34. The van der Waals surface area contributed by atoms with Crippen LogP contribution < -0.4 is 10.5 Å². The van der Waals surface area contributed by atoms with Crippen LogP contribution in [0.5, 0.6) is 5.75 Å². The fraction of sp³-hybridized carbons (Fsp3) is 0.600. The van der Waals surface area contributed by atoms with E-state index in [4.69, 9.17) is 10.5 Å². The maximum absolute atomic E-state index is 12.1. The van der Waals surface area contributed by atoms with Crippen LogP contribution in [0, 0.1) is 6.92 Å². The molecule has 0 saturated heterocycles. The molecule has 1 aliphatic carbocycles. The standard InChI is InChI=1S/C15H23NO3S/c1-11-8-14(20(3,17)18)12(9-13(11)19-2)15(10-16)6-4-5-7-15/h8-9H,4-7,10,16H2,1-3H3. The molecule has 2 N–H and O–H groups in total. The molecule has 0 unspecified atom stereocenters. The number of benzene rings is 1. The van der Waals surface area contributed by atoms with Gasteiger partial charge in [-0.15, -0.1) is 0 Å². The third-order valence-electron chi connectivity index (χ3n) is 4.42. The molecule has 5 heteroatoms. The summed E-state index contributed by atoms with van der Waals surface area (Å²) in [4.78, 5) is 0.406. The predicted molar refractivity (Wildman–Crippen MR) is 80.0 cm³/mol. The summed E-state index contributed by atoms with van der Waals surface area (Å²) in [7, 11) is -1.67. The van der Waals surface area contributed by atoms with Gasteiger partial charge in [0.1, 0.15) is 5.75 Å². The van der Waals surface area contributed by atoms with Crippen LogP contribution in [0.2, 0.25) is 0 Å². The molecular weight excluding hydrogens is 274 g/mol. The number of ether oxygens (including phenoxy) is 1. The van der Waals surface area contributed by atoms with Gasteiger partial charge in [0, 0.05) is 18.2 Å². The van der Waals surface area contributed by atoms with Crippen molar-refractivity contribution in [3.05, 3.63) is 23.3 Å². The average molecular weight is 297 g/mol. The number of hydrogen-bond acceptors (Lipinski definition) is 4. The molecule has 0 heterocycles. The molecule has 0 radical (unpaired) electrons. The fourth-order valence-electron chi connectivity index (χ4n) is 3.24. The van der Waals surface area contributed by atoms with E-state index in [2.05, 4.69) is 0 Å². The maximum atomic E-state index is 12.1. The second-order valence-electron chi connectivity index (χ2n) is 5.78. The summed E-state index contributed by atoms with van der Waals surface area (Å²) >= 11 is 0. The van der Waals surface area contributed by atoms with E-state index in [0.29, 0.717) is 11.4 Å². The van der Waals surface area contributed by atoms with Gasteiger partial charge < -0.3 is 10.5 Å². The molecule has 0 aliphatic heterocycles. The Morgan fingerprint density at radius 2 is 1.90 bits per heavy atom. The van der Waals surface area contributed by atoms with Crippen molar-refractivity contribution in [2.75, 3.05) is 19.9 Å². The minimum atomic E-state index is -3.28. The van der Waals surface area contributed by atoms with Crippen molar-refractivity contribution in [2.24, 2.45) is 5.73 Å². The van der Waals surface area contributed by atoms with E-state index in [0.717, 1.165) is 42.6 Å². The summed E-state index contributed by atoms with van der Waals surface area (Å²) in [6, 6.07) is 3.60. The predicted octanol–water partition coefficient (Wildman–Crippen LogP) is 2.18. The first-order chi connectivity index (χ1) is 9.34. The Hall–Kier alpha value is -1.07. The van der Waals surface area contributed by atoms with E-state index in [1.807, 2.05) is 13.0 Å². The van der Waals surface area contributed by atoms with E-state index in [-0.39, 0.29) is 5.41 Å². The molecule has 1 fully saturated rings. The Morgan fingerprint density at radius 3 is 2.35 bits per heavy atom. The number of methoxy groups -OCH3 is 1. The summed E-state index contributed by atoms with van der Waals surface area (Å²) in [5.74, 6) is 0.729. The van der Waals surface area contributed by atoms with Crippen molar-refractivity contribution >= 4 is 9.84 Å². The lowest BCUT2D eigenvalue weighted by Crippen LogP contribution is -2.33. The van der Waals surface area contributed by atoms with Gasteiger partial charge in [-0.2, -0.15) is 0 Å². The summed E-state index contributed by atoms with van der Waals surface area (Å²) in [6.07, 6.45) is 5.33. The van der Waals surface area contributed by atoms with Crippen LogP contribution >= 0.6 is 0 Å². The van der Waals surface area contributed by atoms with Crippen molar-refractivity contribution in [1.29, 1.82) is 0 Å². The third-order valence-corrected chi connectivity index (χ3v) is 5.56. The zero-order valence-corrected chi connectivity index (χ0v) is 13.2. The average Bonchev–Trinajstić information content (AvgIpc) is 2.87. The number of sulfone groups is 1. The highest BCUT2D eigenvalue weighted by Gasteiger charge is 2.38. The number of hydrogen-bond donors (Lipinski definition) is 1. The quantitative estimate of drug-likeness (QED) is 0.925. The van der Waals surface area contributed by atoms with Crippen molar-refractivity contribution in [2.45, 2.75) is 42.9 Å². The van der Waals surface area contributed by atoms with Gasteiger partial charge in [0.15, 0.2) is 9.84 Å². The van der Waals surface area contributed by atoms with Gasteiger partial charge in [-0.1, -0.05) is 12.8 Å². The van der Waals surface area contributed by atoms with E-state index in [1.165, 1.54) is 6.26 Å². The smallest absolute Gasteiger partial charge is 0.175 e. The summed E-state index contributed by atoms with van der Waals surface area (Å²) in [5.41, 5.74) is 7.45. The highest BCUT2D eigenvalue weighted by molar-refractivity contribution is 7.90. The Kier molecular flexibility index (Phi) is 4.12. The molecule has 112 valence electrons. The highest BCUT2D eigenvalue weighted by atomic mass is 32.2. The molecule has 1 saturated carbocycles. The molecular formula is C15H23NO3S. The first-order valence-corrected chi connectivity index (χ1v) is 8.82. The molecule has 0 aromatic heterocycles. The lowest BCUT2D eigenvalue weighted by Gasteiger charge is -2.30. The Labute approximate surface area is 121 Å². The van der Waals surface area contributed by atoms with Gasteiger partial charge in [-0.05, 0) is 43.0 Å². The lowest BCUT2D eigenvalue weighted by atomic mass is 9.78. The number of aryl methyl sites for hydroxylation is 1. The SMILES string of the molecule is COc1cc(C2(CN)CCCC2)c(S(C)(=O)=O)cc1C. The van der Waals surface area contributed by atoms with Crippen molar-refractivity contribution in [3.8, 4) is 5.75 Å². The van der Waals surface area contributed by atoms with Crippen LogP contribution in [0.4, 0.5) is 0 Å². The van der Waals surface area contributed by atoms with Gasteiger partial charge >= 0.3 is 0 Å².